The highest BCUT2D eigenvalue weighted by molar-refractivity contribution is 5.80. The third-order valence-corrected chi connectivity index (χ3v) is 5.63. The van der Waals surface area contributed by atoms with Crippen LogP contribution in [0.2, 0.25) is 0 Å². The lowest BCUT2D eigenvalue weighted by Gasteiger charge is -2.21. The first-order valence-corrected chi connectivity index (χ1v) is 10.1. The maximum absolute atomic E-state index is 5.61. The summed E-state index contributed by atoms with van der Waals surface area (Å²) in [6.07, 6.45) is 2.17. The number of benzene rings is 2. The molecular formula is C23H29N3O2. The van der Waals surface area contributed by atoms with Crippen LogP contribution >= 0.6 is 0 Å². The number of rotatable bonds is 5. The largest absolute Gasteiger partial charge is 0.493 e. The molecule has 2 heterocycles. The SMILES string of the molecule is CN=C(NCc1ccc(-c2ccc3c(c2)CCO3)cc1)N1CCC(COC)C1. The number of aliphatic imine (C=N–C) groups is 1. The van der Waals surface area contributed by atoms with Gasteiger partial charge in [0.2, 0.25) is 0 Å². The lowest BCUT2D eigenvalue weighted by Crippen LogP contribution is -2.39. The van der Waals surface area contributed by atoms with Gasteiger partial charge in [0, 0.05) is 46.1 Å². The quantitative estimate of drug-likeness (QED) is 0.639. The summed E-state index contributed by atoms with van der Waals surface area (Å²) in [5.74, 6) is 2.60. The third kappa shape index (κ3) is 4.14. The molecule has 0 aromatic heterocycles. The number of fused-ring (bicyclic) bond motifs is 1. The Labute approximate surface area is 167 Å². The fraction of sp³-hybridized carbons (Fsp3) is 0.435. The molecule has 28 heavy (non-hydrogen) atoms. The van der Waals surface area contributed by atoms with E-state index in [1.807, 2.05) is 7.05 Å². The molecule has 5 nitrogen and oxygen atoms in total. The number of nitrogens with one attached hydrogen (secondary N) is 1. The van der Waals surface area contributed by atoms with E-state index >= 15 is 0 Å². The maximum Gasteiger partial charge on any atom is 0.193 e. The fourth-order valence-corrected chi connectivity index (χ4v) is 4.09. The second-order valence-electron chi connectivity index (χ2n) is 7.57. The van der Waals surface area contributed by atoms with Gasteiger partial charge in [-0.25, -0.2) is 0 Å². The molecule has 1 N–H and O–H groups in total. The highest BCUT2D eigenvalue weighted by atomic mass is 16.5. The average molecular weight is 380 g/mol. The molecule has 4 rings (SSSR count). The Bertz CT molecular complexity index is 832. The van der Waals surface area contributed by atoms with E-state index in [0.29, 0.717) is 5.92 Å². The third-order valence-electron chi connectivity index (χ3n) is 5.63. The van der Waals surface area contributed by atoms with E-state index < -0.39 is 0 Å². The normalized spacial score (nSPS) is 18.9. The van der Waals surface area contributed by atoms with E-state index in [9.17, 15) is 0 Å². The number of likely N-dealkylation sites (tertiary alicyclic amines) is 1. The van der Waals surface area contributed by atoms with Crippen molar-refractivity contribution < 1.29 is 9.47 Å². The summed E-state index contributed by atoms with van der Waals surface area (Å²) in [5.41, 5.74) is 5.05. The van der Waals surface area contributed by atoms with Crippen molar-refractivity contribution in [2.45, 2.75) is 19.4 Å². The van der Waals surface area contributed by atoms with Crippen molar-refractivity contribution in [2.75, 3.05) is 40.5 Å². The first-order chi connectivity index (χ1) is 13.8. The van der Waals surface area contributed by atoms with Crippen LogP contribution in [0, 0.1) is 5.92 Å². The minimum Gasteiger partial charge on any atom is -0.493 e. The molecule has 1 unspecified atom stereocenters. The van der Waals surface area contributed by atoms with Crippen molar-refractivity contribution in [3.05, 3.63) is 53.6 Å². The molecule has 148 valence electrons. The van der Waals surface area contributed by atoms with Gasteiger partial charge in [-0.3, -0.25) is 4.99 Å². The van der Waals surface area contributed by atoms with E-state index in [0.717, 1.165) is 57.4 Å². The molecule has 0 spiro atoms. The second-order valence-corrected chi connectivity index (χ2v) is 7.57. The monoisotopic (exact) mass is 379 g/mol. The van der Waals surface area contributed by atoms with Crippen LogP contribution in [0.1, 0.15) is 17.5 Å². The zero-order valence-corrected chi connectivity index (χ0v) is 16.8. The molecule has 1 atom stereocenters. The minimum atomic E-state index is 0.598. The van der Waals surface area contributed by atoms with Crippen molar-refractivity contribution >= 4 is 5.96 Å². The van der Waals surface area contributed by atoms with Crippen LogP contribution in [0.4, 0.5) is 0 Å². The number of methoxy groups -OCH3 is 1. The van der Waals surface area contributed by atoms with Crippen LogP contribution < -0.4 is 10.1 Å². The van der Waals surface area contributed by atoms with E-state index in [-0.39, 0.29) is 0 Å². The molecule has 0 amide bonds. The predicted octanol–water partition coefficient (Wildman–Crippen LogP) is 3.33. The molecule has 1 fully saturated rings. The molecule has 0 aliphatic carbocycles. The molecular weight excluding hydrogens is 350 g/mol. The zero-order valence-electron chi connectivity index (χ0n) is 16.8. The Kier molecular flexibility index (Phi) is 5.81. The van der Waals surface area contributed by atoms with Crippen molar-refractivity contribution in [3.63, 3.8) is 0 Å². The van der Waals surface area contributed by atoms with Gasteiger partial charge in [0.25, 0.3) is 0 Å². The highest BCUT2D eigenvalue weighted by Crippen LogP contribution is 2.30. The van der Waals surface area contributed by atoms with Crippen LogP contribution in [0.3, 0.4) is 0 Å². The summed E-state index contributed by atoms with van der Waals surface area (Å²) in [5, 5.41) is 3.50. The van der Waals surface area contributed by atoms with Crippen molar-refractivity contribution in [2.24, 2.45) is 10.9 Å². The molecule has 1 saturated heterocycles. The van der Waals surface area contributed by atoms with E-state index in [4.69, 9.17) is 9.47 Å². The summed E-state index contributed by atoms with van der Waals surface area (Å²) < 4.78 is 10.9. The van der Waals surface area contributed by atoms with Gasteiger partial charge in [-0.15, -0.1) is 0 Å². The number of nitrogens with zero attached hydrogens (tertiary/aromatic N) is 2. The maximum atomic E-state index is 5.61. The van der Waals surface area contributed by atoms with Crippen molar-refractivity contribution in [1.82, 2.24) is 10.2 Å². The molecule has 0 radical (unpaired) electrons. The summed E-state index contributed by atoms with van der Waals surface area (Å²) >= 11 is 0. The number of ether oxygens (including phenoxy) is 2. The van der Waals surface area contributed by atoms with Gasteiger partial charge in [-0.1, -0.05) is 30.3 Å². The number of guanidine groups is 1. The van der Waals surface area contributed by atoms with E-state index in [1.54, 1.807) is 7.11 Å². The standard InChI is InChI=1S/C23H29N3O2/c1-24-23(26-11-9-18(15-26)16-27-2)25-14-17-3-5-19(6-4-17)20-7-8-22-21(13-20)10-12-28-22/h3-8,13,18H,9-12,14-16H2,1-2H3,(H,24,25). The van der Waals surface area contributed by atoms with Gasteiger partial charge < -0.3 is 19.7 Å². The lowest BCUT2D eigenvalue weighted by atomic mass is 10.0. The topological polar surface area (TPSA) is 46.1 Å². The van der Waals surface area contributed by atoms with Crippen LogP contribution in [0.15, 0.2) is 47.5 Å². The molecule has 0 bridgehead atoms. The summed E-state index contributed by atoms with van der Waals surface area (Å²) in [6, 6.07) is 15.3. The van der Waals surface area contributed by atoms with Gasteiger partial charge in [0.1, 0.15) is 5.75 Å². The predicted molar refractivity (Wildman–Crippen MR) is 113 cm³/mol. The smallest absolute Gasteiger partial charge is 0.193 e. The Morgan fingerprint density at radius 1 is 1.21 bits per heavy atom. The highest BCUT2D eigenvalue weighted by Gasteiger charge is 2.24. The molecule has 5 heteroatoms. The van der Waals surface area contributed by atoms with Crippen molar-refractivity contribution in [3.8, 4) is 16.9 Å². The zero-order chi connectivity index (χ0) is 19.3. The van der Waals surface area contributed by atoms with Crippen LogP contribution in [0.5, 0.6) is 5.75 Å². The van der Waals surface area contributed by atoms with Gasteiger partial charge in [0.05, 0.1) is 13.2 Å². The van der Waals surface area contributed by atoms with Crippen molar-refractivity contribution in [1.29, 1.82) is 0 Å². The van der Waals surface area contributed by atoms with Gasteiger partial charge in [-0.2, -0.15) is 0 Å². The lowest BCUT2D eigenvalue weighted by molar-refractivity contribution is 0.157. The second kappa shape index (κ2) is 8.65. The summed E-state index contributed by atoms with van der Waals surface area (Å²) in [6.45, 7) is 4.44. The van der Waals surface area contributed by atoms with Crippen LogP contribution in [-0.4, -0.2) is 51.3 Å². The first kappa shape index (κ1) is 18.8. The summed E-state index contributed by atoms with van der Waals surface area (Å²) in [7, 11) is 3.63. The Balaban J connectivity index is 1.35. The minimum absolute atomic E-state index is 0.598. The molecule has 2 aromatic carbocycles. The Morgan fingerprint density at radius 2 is 2.04 bits per heavy atom. The van der Waals surface area contributed by atoms with Gasteiger partial charge in [0.15, 0.2) is 5.96 Å². The molecule has 2 aliphatic rings. The molecule has 0 saturated carbocycles. The van der Waals surface area contributed by atoms with Gasteiger partial charge in [-0.05, 0) is 40.8 Å². The summed E-state index contributed by atoms with van der Waals surface area (Å²) in [4.78, 5) is 6.78. The van der Waals surface area contributed by atoms with Crippen LogP contribution in [0.25, 0.3) is 11.1 Å². The number of hydrogen-bond acceptors (Lipinski definition) is 3. The van der Waals surface area contributed by atoms with E-state index in [1.165, 1.54) is 22.3 Å². The fourth-order valence-electron chi connectivity index (χ4n) is 4.09. The average Bonchev–Trinajstić information content (AvgIpc) is 3.38. The van der Waals surface area contributed by atoms with E-state index in [2.05, 4.69) is 57.7 Å². The molecule has 2 aromatic rings. The first-order valence-electron chi connectivity index (χ1n) is 10.1. The van der Waals surface area contributed by atoms with Gasteiger partial charge >= 0.3 is 0 Å². The Morgan fingerprint density at radius 3 is 2.82 bits per heavy atom. The molecule has 2 aliphatic heterocycles. The number of hydrogen-bond donors (Lipinski definition) is 1. The van der Waals surface area contributed by atoms with Crippen LogP contribution in [-0.2, 0) is 17.7 Å². The Hall–Kier alpha value is -2.53.